The molecule has 2 aromatic heterocycles. The molecule has 0 unspecified atom stereocenters. The molecule has 148 valence electrons. The predicted molar refractivity (Wildman–Crippen MR) is 110 cm³/mol. The zero-order valence-corrected chi connectivity index (χ0v) is 17.6. The minimum absolute atomic E-state index is 0.0262. The van der Waals surface area contributed by atoms with Gasteiger partial charge in [-0.15, -0.1) is 11.3 Å². The van der Waals surface area contributed by atoms with Gasteiger partial charge in [0.15, 0.2) is 0 Å². The Bertz CT molecular complexity index is 1200. The molecule has 29 heavy (non-hydrogen) atoms. The molecule has 0 bridgehead atoms. The molecule has 0 saturated heterocycles. The molecule has 3 heterocycles. The predicted octanol–water partition coefficient (Wildman–Crippen LogP) is 4.05. The summed E-state index contributed by atoms with van der Waals surface area (Å²) in [4.78, 5) is 30.4. The summed E-state index contributed by atoms with van der Waals surface area (Å²) in [6, 6.07) is 10.4. The Balaban J connectivity index is 1.54. The van der Waals surface area contributed by atoms with E-state index in [9.17, 15) is 18.0 Å². The van der Waals surface area contributed by atoms with Crippen molar-refractivity contribution in [2.45, 2.75) is 10.8 Å². The maximum Gasteiger partial charge on any atom is 0.280 e. The van der Waals surface area contributed by atoms with Crippen LogP contribution in [0.4, 0.5) is 5.69 Å². The van der Waals surface area contributed by atoms with Crippen LogP contribution < -0.4 is 4.72 Å². The number of halogens is 2. The highest BCUT2D eigenvalue weighted by molar-refractivity contribution is 7.94. The number of anilines is 1. The molecule has 0 saturated carbocycles. The highest BCUT2D eigenvalue weighted by atomic mass is 35.5. The number of nitrogens with one attached hydrogen (secondary N) is 1. The number of carbonyl (C=O) groups is 2. The fourth-order valence-corrected chi connectivity index (χ4v) is 5.73. The van der Waals surface area contributed by atoms with Crippen LogP contribution in [0.15, 0.2) is 52.9 Å². The van der Waals surface area contributed by atoms with E-state index in [2.05, 4.69) is 9.71 Å². The van der Waals surface area contributed by atoms with Gasteiger partial charge in [-0.2, -0.15) is 0 Å². The Morgan fingerprint density at radius 2 is 1.76 bits per heavy atom. The smallest absolute Gasteiger partial charge is 0.279 e. The van der Waals surface area contributed by atoms with E-state index < -0.39 is 21.8 Å². The van der Waals surface area contributed by atoms with Crippen molar-refractivity contribution in [2.75, 3.05) is 4.72 Å². The summed E-state index contributed by atoms with van der Waals surface area (Å²) in [6.07, 6.45) is 1.44. The molecule has 0 radical (unpaired) electrons. The fourth-order valence-electron chi connectivity index (χ4n) is 2.82. The zero-order valence-electron chi connectivity index (χ0n) is 14.4. The van der Waals surface area contributed by atoms with Crippen molar-refractivity contribution >= 4 is 62.1 Å². The molecule has 0 fully saturated rings. The number of benzene rings is 1. The molecule has 0 atom stereocenters. The number of rotatable bonds is 5. The Morgan fingerprint density at radius 3 is 2.45 bits per heavy atom. The fraction of sp³-hybridized carbons (Fsp3) is 0.0556. The Hall–Kier alpha value is -2.46. The number of thiophene rings is 1. The third-order valence-electron chi connectivity index (χ3n) is 4.06. The van der Waals surface area contributed by atoms with Crippen LogP contribution in [0.5, 0.6) is 0 Å². The minimum Gasteiger partial charge on any atom is -0.279 e. The summed E-state index contributed by atoms with van der Waals surface area (Å²) < 4.78 is 27.7. The standard InChI is InChI=1S/C18H11Cl2N3O4S2/c19-10-6-11(20)8-12(7-10)22-29(26,27)15-4-3-13(28-15)9-23-17(24)14-2-1-5-21-16(14)18(23)25/h1-8,22H,9H2. The second-order valence-corrected chi connectivity index (χ2v) is 10.0. The van der Waals surface area contributed by atoms with Crippen molar-refractivity contribution in [1.82, 2.24) is 9.88 Å². The van der Waals surface area contributed by atoms with Gasteiger partial charge in [-0.05, 0) is 42.5 Å². The lowest BCUT2D eigenvalue weighted by Gasteiger charge is -2.11. The van der Waals surface area contributed by atoms with Gasteiger partial charge in [0.2, 0.25) is 0 Å². The normalized spacial score (nSPS) is 13.7. The number of hydrogen-bond donors (Lipinski definition) is 1. The lowest BCUT2D eigenvalue weighted by molar-refractivity contribution is 0.0642. The molecule has 4 rings (SSSR count). The van der Waals surface area contributed by atoms with Crippen LogP contribution in [-0.4, -0.2) is 30.1 Å². The number of sulfonamides is 1. The Morgan fingerprint density at radius 1 is 1.03 bits per heavy atom. The van der Waals surface area contributed by atoms with Gasteiger partial charge in [0.1, 0.15) is 9.90 Å². The molecule has 1 N–H and O–H groups in total. The highest BCUT2D eigenvalue weighted by Gasteiger charge is 2.36. The molecule has 7 nitrogen and oxygen atoms in total. The average molecular weight is 468 g/mol. The highest BCUT2D eigenvalue weighted by Crippen LogP contribution is 2.29. The second kappa shape index (κ2) is 7.42. The zero-order chi connectivity index (χ0) is 20.8. The summed E-state index contributed by atoms with van der Waals surface area (Å²) in [5.74, 6) is -0.960. The quantitative estimate of drug-likeness (QED) is 0.570. The van der Waals surface area contributed by atoms with E-state index >= 15 is 0 Å². The van der Waals surface area contributed by atoms with E-state index in [0.29, 0.717) is 14.9 Å². The number of aromatic nitrogens is 1. The molecule has 0 spiro atoms. The Labute approximate surface area is 179 Å². The van der Waals surface area contributed by atoms with E-state index in [1.807, 2.05) is 0 Å². The summed E-state index contributed by atoms with van der Waals surface area (Å²) in [5, 5.41) is 0.586. The van der Waals surface area contributed by atoms with Gasteiger partial charge in [-0.1, -0.05) is 23.2 Å². The van der Waals surface area contributed by atoms with Crippen LogP contribution in [0.3, 0.4) is 0 Å². The lowest BCUT2D eigenvalue weighted by Crippen LogP contribution is -2.28. The number of amides is 2. The molecule has 1 aliphatic heterocycles. The summed E-state index contributed by atoms with van der Waals surface area (Å²) in [7, 11) is -3.89. The van der Waals surface area contributed by atoms with Crippen LogP contribution in [0.2, 0.25) is 10.0 Å². The number of nitrogens with zero attached hydrogens (tertiary/aromatic N) is 2. The first kappa shape index (κ1) is 19.8. The number of imide groups is 1. The van der Waals surface area contributed by atoms with Gasteiger partial charge in [-0.25, -0.2) is 8.42 Å². The van der Waals surface area contributed by atoms with Gasteiger partial charge in [-0.3, -0.25) is 24.2 Å². The molecule has 3 aromatic rings. The molecular weight excluding hydrogens is 457 g/mol. The van der Waals surface area contributed by atoms with Crippen molar-refractivity contribution in [2.24, 2.45) is 0 Å². The SMILES string of the molecule is O=C1c2cccnc2C(=O)N1Cc1ccc(S(=O)(=O)Nc2cc(Cl)cc(Cl)c2)s1. The van der Waals surface area contributed by atoms with Gasteiger partial charge < -0.3 is 0 Å². The second-order valence-electron chi connectivity index (χ2n) is 6.08. The largest absolute Gasteiger partial charge is 0.280 e. The van der Waals surface area contributed by atoms with E-state index in [1.165, 1.54) is 36.5 Å². The molecule has 11 heteroatoms. The van der Waals surface area contributed by atoms with E-state index in [0.717, 1.165) is 16.2 Å². The molecule has 2 amide bonds. The molecule has 1 aliphatic rings. The van der Waals surface area contributed by atoms with E-state index in [1.54, 1.807) is 12.1 Å². The topological polar surface area (TPSA) is 96.4 Å². The van der Waals surface area contributed by atoms with E-state index in [4.69, 9.17) is 23.2 Å². The molecular formula is C18H11Cl2N3O4S2. The van der Waals surface area contributed by atoms with Crippen LogP contribution >= 0.6 is 34.5 Å². The van der Waals surface area contributed by atoms with E-state index in [-0.39, 0.29) is 27.7 Å². The van der Waals surface area contributed by atoms with Crippen LogP contribution in [0.1, 0.15) is 25.7 Å². The first-order chi connectivity index (χ1) is 13.7. The van der Waals surface area contributed by atoms with Gasteiger partial charge in [0, 0.05) is 21.1 Å². The first-order valence-corrected chi connectivity index (χ1v) is 11.2. The van der Waals surface area contributed by atoms with Crippen molar-refractivity contribution in [3.8, 4) is 0 Å². The van der Waals surface area contributed by atoms with Gasteiger partial charge in [0.05, 0.1) is 17.8 Å². The third kappa shape index (κ3) is 3.86. The van der Waals surface area contributed by atoms with Gasteiger partial charge >= 0.3 is 0 Å². The maximum absolute atomic E-state index is 12.6. The van der Waals surface area contributed by atoms with Crippen molar-refractivity contribution in [1.29, 1.82) is 0 Å². The summed E-state index contributed by atoms with van der Waals surface area (Å²) in [5.41, 5.74) is 0.562. The van der Waals surface area contributed by atoms with Crippen LogP contribution in [0, 0.1) is 0 Å². The summed E-state index contributed by atoms with van der Waals surface area (Å²) >= 11 is 12.8. The lowest BCUT2D eigenvalue weighted by atomic mass is 10.2. The van der Waals surface area contributed by atoms with Crippen molar-refractivity contribution < 1.29 is 18.0 Å². The van der Waals surface area contributed by atoms with Crippen molar-refractivity contribution in [3.63, 3.8) is 0 Å². The maximum atomic E-state index is 12.6. The molecule has 0 aliphatic carbocycles. The third-order valence-corrected chi connectivity index (χ3v) is 7.44. The number of fused-ring (bicyclic) bond motifs is 1. The average Bonchev–Trinajstić information content (AvgIpc) is 3.21. The van der Waals surface area contributed by atoms with Gasteiger partial charge in [0.25, 0.3) is 21.8 Å². The summed E-state index contributed by atoms with van der Waals surface area (Å²) in [6.45, 7) is -0.0444. The van der Waals surface area contributed by atoms with Crippen molar-refractivity contribution in [3.05, 3.63) is 74.8 Å². The van der Waals surface area contributed by atoms with Crippen LogP contribution in [-0.2, 0) is 16.6 Å². The minimum atomic E-state index is -3.89. The Kier molecular flexibility index (Phi) is 5.07. The first-order valence-electron chi connectivity index (χ1n) is 8.13. The monoisotopic (exact) mass is 467 g/mol. The molecule has 1 aromatic carbocycles. The number of pyridine rings is 1. The number of carbonyl (C=O) groups excluding carboxylic acids is 2. The van der Waals surface area contributed by atoms with Crippen LogP contribution in [0.25, 0.3) is 0 Å². The number of hydrogen-bond acceptors (Lipinski definition) is 6.